The molecule has 0 aliphatic carbocycles. The Labute approximate surface area is 230 Å². The highest BCUT2D eigenvalue weighted by Gasteiger charge is 2.60. The lowest BCUT2D eigenvalue weighted by molar-refractivity contribution is -0.122. The Bertz CT molecular complexity index is 1370. The molecule has 3 amide bonds. The van der Waals surface area contributed by atoms with E-state index >= 15 is 0 Å². The molecule has 0 saturated heterocycles. The molecule has 4 rings (SSSR count). The third-order valence-corrected chi connectivity index (χ3v) is 6.39. The smallest absolute Gasteiger partial charge is 0.421 e. The van der Waals surface area contributed by atoms with Gasteiger partial charge in [0.1, 0.15) is 16.6 Å². The maximum absolute atomic E-state index is 14.8. The fraction of sp³-hybridized carbons (Fsp3) is 0.344. The van der Waals surface area contributed by atoms with Gasteiger partial charge in [-0.25, -0.2) is 14.5 Å². The first-order chi connectivity index (χ1) is 18.2. The molecule has 1 aliphatic heterocycles. The second-order valence-electron chi connectivity index (χ2n) is 11.8. The zero-order valence-electron chi connectivity index (χ0n) is 23.6. The van der Waals surface area contributed by atoms with Crippen LogP contribution in [0.25, 0.3) is 0 Å². The van der Waals surface area contributed by atoms with Gasteiger partial charge in [0, 0.05) is 0 Å². The standard InChI is InChI=1S/C32H36N2O5/c1-21-18-19-25-24(20-21)32(23-16-12-9-13-17-23,27(35)34(25)29(37)39-31(5,6)7)26(22-14-10-8-11-15-22)33-28(36)38-30(2,3)4/h8-20,26H,1-7H3,(H,33,36). The maximum Gasteiger partial charge on any atom is 0.421 e. The Hall–Kier alpha value is -4.13. The minimum absolute atomic E-state index is 0.413. The molecule has 2 atom stereocenters. The number of anilines is 1. The molecule has 0 spiro atoms. The van der Waals surface area contributed by atoms with E-state index in [0.717, 1.165) is 10.5 Å². The summed E-state index contributed by atoms with van der Waals surface area (Å²) in [7, 11) is 0. The van der Waals surface area contributed by atoms with Gasteiger partial charge >= 0.3 is 12.2 Å². The van der Waals surface area contributed by atoms with Crippen LogP contribution in [-0.4, -0.2) is 29.3 Å². The van der Waals surface area contributed by atoms with E-state index in [1.165, 1.54) is 0 Å². The lowest BCUT2D eigenvalue weighted by Gasteiger charge is -2.38. The van der Waals surface area contributed by atoms with Crippen LogP contribution in [0.4, 0.5) is 15.3 Å². The van der Waals surface area contributed by atoms with Crippen LogP contribution in [0, 0.1) is 6.92 Å². The second kappa shape index (κ2) is 10.2. The SMILES string of the molecule is Cc1ccc2c(c1)C(c1ccccc1)(C(NC(=O)OC(C)(C)C)c1ccccc1)C(=O)N2C(=O)OC(C)(C)C. The minimum atomic E-state index is -1.50. The molecule has 0 fully saturated rings. The van der Waals surface area contributed by atoms with Crippen molar-refractivity contribution in [3.63, 3.8) is 0 Å². The third kappa shape index (κ3) is 5.53. The van der Waals surface area contributed by atoms with Crippen molar-refractivity contribution >= 4 is 23.8 Å². The number of hydrogen-bond acceptors (Lipinski definition) is 5. The number of nitrogens with one attached hydrogen (secondary N) is 1. The highest BCUT2D eigenvalue weighted by atomic mass is 16.6. The number of fused-ring (bicyclic) bond motifs is 1. The van der Waals surface area contributed by atoms with Crippen LogP contribution < -0.4 is 10.2 Å². The van der Waals surface area contributed by atoms with E-state index in [-0.39, 0.29) is 0 Å². The van der Waals surface area contributed by atoms with E-state index in [0.29, 0.717) is 22.4 Å². The lowest BCUT2D eigenvalue weighted by atomic mass is 9.67. The van der Waals surface area contributed by atoms with Crippen LogP contribution in [0.5, 0.6) is 0 Å². The predicted molar refractivity (Wildman–Crippen MR) is 151 cm³/mol. The summed E-state index contributed by atoms with van der Waals surface area (Å²) in [5.41, 5.74) is 0.118. The first-order valence-corrected chi connectivity index (χ1v) is 13.0. The lowest BCUT2D eigenvalue weighted by Crippen LogP contribution is -2.53. The molecule has 39 heavy (non-hydrogen) atoms. The Morgan fingerprint density at radius 2 is 1.38 bits per heavy atom. The van der Waals surface area contributed by atoms with Crippen LogP contribution in [0.1, 0.15) is 69.8 Å². The van der Waals surface area contributed by atoms with Crippen molar-refractivity contribution in [3.8, 4) is 0 Å². The van der Waals surface area contributed by atoms with Crippen LogP contribution in [0.3, 0.4) is 0 Å². The number of hydrogen-bond donors (Lipinski definition) is 1. The molecule has 3 aromatic rings. The number of carbonyl (C=O) groups is 3. The number of benzene rings is 3. The molecule has 1 N–H and O–H groups in total. The van der Waals surface area contributed by atoms with Crippen LogP contribution in [0.15, 0.2) is 78.9 Å². The molecule has 2 unspecified atom stereocenters. The Morgan fingerprint density at radius 3 is 1.95 bits per heavy atom. The summed E-state index contributed by atoms with van der Waals surface area (Å²) in [4.78, 5) is 42.8. The zero-order valence-corrected chi connectivity index (χ0v) is 23.6. The van der Waals surface area contributed by atoms with Crippen LogP contribution in [0.2, 0.25) is 0 Å². The molecule has 1 heterocycles. The Morgan fingerprint density at radius 1 is 0.821 bits per heavy atom. The second-order valence-corrected chi connectivity index (χ2v) is 11.8. The molecule has 1 aliphatic rings. The van der Waals surface area contributed by atoms with Gasteiger partial charge in [-0.2, -0.15) is 0 Å². The number of nitrogens with zero attached hydrogens (tertiary/aromatic N) is 1. The summed E-state index contributed by atoms with van der Waals surface area (Å²) >= 11 is 0. The Balaban J connectivity index is 2.03. The fourth-order valence-corrected chi connectivity index (χ4v) is 4.99. The normalized spacial score (nSPS) is 17.8. The number of ether oxygens (including phenoxy) is 2. The molecule has 204 valence electrons. The molecule has 0 bridgehead atoms. The largest absolute Gasteiger partial charge is 0.444 e. The van der Waals surface area contributed by atoms with Crippen molar-refractivity contribution in [2.24, 2.45) is 0 Å². The number of imide groups is 1. The molecule has 7 heteroatoms. The summed E-state index contributed by atoms with van der Waals surface area (Å²) in [6.07, 6.45) is -1.45. The summed E-state index contributed by atoms with van der Waals surface area (Å²) in [5.74, 6) is -0.520. The molecule has 0 radical (unpaired) electrons. The molecular weight excluding hydrogens is 492 g/mol. The first kappa shape index (κ1) is 27.9. The van der Waals surface area contributed by atoms with Gasteiger partial charge in [-0.3, -0.25) is 4.79 Å². The van der Waals surface area contributed by atoms with Crippen molar-refractivity contribution in [2.45, 2.75) is 71.1 Å². The van der Waals surface area contributed by atoms with E-state index in [1.807, 2.05) is 79.7 Å². The number of amides is 3. The average Bonchev–Trinajstić information content (AvgIpc) is 3.09. The number of rotatable bonds is 4. The number of carbonyl (C=O) groups excluding carboxylic acids is 3. The average molecular weight is 529 g/mol. The summed E-state index contributed by atoms with van der Waals surface area (Å²) in [5, 5.41) is 3.01. The number of alkyl carbamates (subject to hydrolysis) is 1. The van der Waals surface area contributed by atoms with E-state index in [1.54, 1.807) is 47.6 Å². The van der Waals surface area contributed by atoms with Crippen LogP contribution >= 0.6 is 0 Å². The van der Waals surface area contributed by atoms with Gasteiger partial charge in [0.2, 0.25) is 0 Å². The third-order valence-electron chi connectivity index (χ3n) is 6.39. The summed E-state index contributed by atoms with van der Waals surface area (Å²) in [6.45, 7) is 12.5. The molecule has 3 aromatic carbocycles. The zero-order chi connectivity index (χ0) is 28.6. The molecule has 0 saturated carbocycles. The first-order valence-electron chi connectivity index (χ1n) is 13.0. The summed E-state index contributed by atoms with van der Waals surface area (Å²) < 4.78 is 11.3. The van der Waals surface area contributed by atoms with E-state index in [2.05, 4.69) is 5.32 Å². The maximum atomic E-state index is 14.8. The highest BCUT2D eigenvalue weighted by molar-refractivity contribution is 6.23. The van der Waals surface area contributed by atoms with Crippen LogP contribution in [-0.2, 0) is 19.7 Å². The van der Waals surface area contributed by atoms with Gasteiger partial charge in [0.15, 0.2) is 0 Å². The summed E-state index contributed by atoms with van der Waals surface area (Å²) in [6, 6.07) is 23.1. The van der Waals surface area contributed by atoms with Crippen molar-refractivity contribution < 1.29 is 23.9 Å². The Kier molecular flexibility index (Phi) is 7.30. The van der Waals surface area contributed by atoms with Crippen molar-refractivity contribution in [2.75, 3.05) is 4.90 Å². The highest BCUT2D eigenvalue weighted by Crippen LogP contribution is 2.53. The predicted octanol–water partition coefficient (Wildman–Crippen LogP) is 6.83. The van der Waals surface area contributed by atoms with Crippen molar-refractivity contribution in [1.29, 1.82) is 0 Å². The van der Waals surface area contributed by atoms with E-state index in [4.69, 9.17) is 9.47 Å². The fourth-order valence-electron chi connectivity index (χ4n) is 4.99. The molecular formula is C32H36N2O5. The van der Waals surface area contributed by atoms with E-state index in [9.17, 15) is 14.4 Å². The topological polar surface area (TPSA) is 84.9 Å². The van der Waals surface area contributed by atoms with Gasteiger partial charge in [-0.15, -0.1) is 0 Å². The van der Waals surface area contributed by atoms with Crippen molar-refractivity contribution in [1.82, 2.24) is 5.32 Å². The van der Waals surface area contributed by atoms with Gasteiger partial charge in [0.25, 0.3) is 5.91 Å². The molecule has 7 nitrogen and oxygen atoms in total. The van der Waals surface area contributed by atoms with Crippen molar-refractivity contribution in [3.05, 3.63) is 101 Å². The quantitative estimate of drug-likeness (QED) is 0.401. The van der Waals surface area contributed by atoms with Gasteiger partial charge in [0.05, 0.1) is 11.7 Å². The monoisotopic (exact) mass is 528 g/mol. The van der Waals surface area contributed by atoms with Gasteiger partial charge < -0.3 is 14.8 Å². The minimum Gasteiger partial charge on any atom is -0.444 e. The number of aryl methyl sites for hydroxylation is 1. The van der Waals surface area contributed by atoms with E-state index < -0.39 is 40.8 Å². The van der Waals surface area contributed by atoms with Gasteiger partial charge in [-0.05, 0) is 71.2 Å². The van der Waals surface area contributed by atoms with Gasteiger partial charge in [-0.1, -0.05) is 78.4 Å². The molecule has 0 aromatic heterocycles.